The van der Waals surface area contributed by atoms with Crippen molar-refractivity contribution < 1.29 is 13.2 Å². The van der Waals surface area contributed by atoms with E-state index in [2.05, 4.69) is 21.2 Å². The molecule has 0 bridgehead atoms. The molecule has 0 aliphatic carbocycles. The molecule has 0 amide bonds. The minimum atomic E-state index is -0.522. The summed E-state index contributed by atoms with van der Waals surface area (Å²) < 4.78 is 33.1. The Kier molecular flexibility index (Phi) is 3.68. The molecular formula is C16H12BrF2NO. The lowest BCUT2D eigenvalue weighted by Gasteiger charge is -2.14. The number of fused-ring (bicyclic) bond motifs is 1. The topological polar surface area (TPSA) is 25.2 Å². The number of anilines is 1. The van der Waals surface area contributed by atoms with Crippen LogP contribution in [0, 0.1) is 11.6 Å². The van der Waals surface area contributed by atoms with Crippen molar-refractivity contribution in [3.63, 3.8) is 0 Å². The fraction of sp³-hybridized carbons (Fsp3) is 0.125. The molecule has 0 aliphatic heterocycles. The lowest BCUT2D eigenvalue weighted by Crippen LogP contribution is -2.07. The highest BCUT2D eigenvalue weighted by atomic mass is 79.9. The highest BCUT2D eigenvalue weighted by Gasteiger charge is 2.15. The highest BCUT2D eigenvalue weighted by Crippen LogP contribution is 2.29. The van der Waals surface area contributed by atoms with Gasteiger partial charge >= 0.3 is 0 Å². The number of furan rings is 1. The van der Waals surface area contributed by atoms with Gasteiger partial charge in [-0.2, -0.15) is 0 Å². The molecule has 1 heterocycles. The number of nitrogens with one attached hydrogen (secondary N) is 1. The van der Waals surface area contributed by atoms with Gasteiger partial charge in [-0.25, -0.2) is 8.78 Å². The van der Waals surface area contributed by atoms with Crippen LogP contribution < -0.4 is 5.32 Å². The number of para-hydroxylation sites is 1. The molecule has 0 spiro atoms. The minimum Gasteiger partial charge on any atom is -0.459 e. The number of benzene rings is 2. The van der Waals surface area contributed by atoms with Crippen molar-refractivity contribution in [2.75, 3.05) is 5.32 Å². The predicted molar refractivity (Wildman–Crippen MR) is 82.3 cm³/mol. The van der Waals surface area contributed by atoms with Gasteiger partial charge in [-0.3, -0.25) is 0 Å². The molecule has 0 saturated heterocycles. The molecule has 0 aliphatic rings. The summed E-state index contributed by atoms with van der Waals surface area (Å²) in [5.74, 6) is -0.374. The largest absolute Gasteiger partial charge is 0.459 e. The van der Waals surface area contributed by atoms with E-state index < -0.39 is 11.6 Å². The molecule has 108 valence electrons. The molecule has 0 radical (unpaired) electrons. The quantitative estimate of drug-likeness (QED) is 0.617. The first-order valence-corrected chi connectivity index (χ1v) is 7.23. The van der Waals surface area contributed by atoms with Crippen molar-refractivity contribution in [2.24, 2.45) is 0 Å². The van der Waals surface area contributed by atoms with Crippen LogP contribution in [0.15, 0.2) is 51.4 Å². The Morgan fingerprint density at radius 2 is 1.86 bits per heavy atom. The molecule has 5 heteroatoms. The van der Waals surface area contributed by atoms with Gasteiger partial charge in [0.25, 0.3) is 0 Å². The van der Waals surface area contributed by atoms with E-state index >= 15 is 0 Å². The normalized spacial score (nSPS) is 12.6. The van der Waals surface area contributed by atoms with Crippen LogP contribution in [0.25, 0.3) is 11.0 Å². The number of rotatable bonds is 3. The highest BCUT2D eigenvalue weighted by molar-refractivity contribution is 9.10. The molecule has 3 rings (SSSR count). The maximum absolute atomic E-state index is 13.8. The lowest BCUT2D eigenvalue weighted by atomic mass is 10.2. The first-order valence-electron chi connectivity index (χ1n) is 6.44. The maximum Gasteiger partial charge on any atom is 0.147 e. The number of hydrogen-bond donors (Lipinski definition) is 1. The molecule has 1 atom stereocenters. The third kappa shape index (κ3) is 2.78. The van der Waals surface area contributed by atoms with E-state index in [1.807, 2.05) is 37.3 Å². The molecule has 1 unspecified atom stereocenters. The van der Waals surface area contributed by atoms with Gasteiger partial charge in [-0.15, -0.1) is 0 Å². The second kappa shape index (κ2) is 5.48. The van der Waals surface area contributed by atoms with Crippen molar-refractivity contribution in [3.05, 3.63) is 64.3 Å². The first-order chi connectivity index (χ1) is 10.0. The summed E-state index contributed by atoms with van der Waals surface area (Å²) in [6.45, 7) is 1.83. The van der Waals surface area contributed by atoms with Crippen LogP contribution in [-0.2, 0) is 0 Å². The summed E-state index contributed by atoms with van der Waals surface area (Å²) >= 11 is 2.95. The molecule has 2 aromatic carbocycles. The van der Waals surface area contributed by atoms with Gasteiger partial charge in [0.2, 0.25) is 0 Å². The molecular weight excluding hydrogens is 340 g/mol. The first kappa shape index (κ1) is 14.1. The molecule has 0 saturated carbocycles. The van der Waals surface area contributed by atoms with Crippen LogP contribution in [0.4, 0.5) is 14.5 Å². The van der Waals surface area contributed by atoms with Gasteiger partial charge < -0.3 is 9.73 Å². The summed E-state index contributed by atoms with van der Waals surface area (Å²) in [5.41, 5.74) is 0.868. The molecule has 1 N–H and O–H groups in total. The minimum absolute atomic E-state index is 0.0990. The summed E-state index contributed by atoms with van der Waals surface area (Å²) in [6.07, 6.45) is 0. The van der Waals surface area contributed by atoms with Crippen LogP contribution in [0.5, 0.6) is 0 Å². The number of hydrogen-bond acceptors (Lipinski definition) is 2. The second-order valence-corrected chi connectivity index (χ2v) is 5.65. The zero-order valence-corrected chi connectivity index (χ0v) is 12.7. The number of halogens is 3. The van der Waals surface area contributed by atoms with Gasteiger partial charge in [0.1, 0.15) is 23.0 Å². The van der Waals surface area contributed by atoms with Crippen molar-refractivity contribution in [1.29, 1.82) is 0 Å². The Bertz CT molecular complexity index is 767. The molecule has 0 fully saturated rings. The Morgan fingerprint density at radius 1 is 1.10 bits per heavy atom. The van der Waals surface area contributed by atoms with Gasteiger partial charge in [0.05, 0.1) is 16.2 Å². The van der Waals surface area contributed by atoms with Gasteiger partial charge in [0, 0.05) is 11.5 Å². The van der Waals surface area contributed by atoms with Crippen LogP contribution >= 0.6 is 15.9 Å². The second-order valence-electron chi connectivity index (χ2n) is 4.80. The van der Waals surface area contributed by atoms with E-state index in [9.17, 15) is 8.78 Å². The summed E-state index contributed by atoms with van der Waals surface area (Å²) in [5, 5.41) is 3.90. The van der Waals surface area contributed by atoms with Crippen LogP contribution in [0.3, 0.4) is 0 Å². The zero-order valence-electron chi connectivity index (χ0n) is 11.2. The zero-order chi connectivity index (χ0) is 15.0. The van der Waals surface area contributed by atoms with Crippen molar-refractivity contribution in [2.45, 2.75) is 13.0 Å². The molecule has 2 nitrogen and oxygen atoms in total. The smallest absolute Gasteiger partial charge is 0.147 e. The van der Waals surface area contributed by atoms with Crippen molar-refractivity contribution in [1.82, 2.24) is 0 Å². The van der Waals surface area contributed by atoms with Crippen LogP contribution in [0.2, 0.25) is 0 Å². The maximum atomic E-state index is 13.8. The van der Waals surface area contributed by atoms with Crippen molar-refractivity contribution >= 4 is 32.6 Å². The standard InChI is InChI=1S/C16H12BrF2NO/c1-9(16-6-10-4-2-3-5-15(10)21-16)20-14-8-12(18)11(17)7-13(14)19/h2-9,20H,1H3. The monoisotopic (exact) mass is 351 g/mol. The van der Waals surface area contributed by atoms with Crippen molar-refractivity contribution in [3.8, 4) is 0 Å². The van der Waals surface area contributed by atoms with E-state index in [1.54, 1.807) is 0 Å². The molecule has 1 aromatic heterocycles. The third-order valence-corrected chi connectivity index (χ3v) is 3.86. The Labute approximate surface area is 128 Å². The summed E-state index contributed by atoms with van der Waals surface area (Å²) in [7, 11) is 0. The Hall–Kier alpha value is -1.88. The van der Waals surface area contributed by atoms with Gasteiger partial charge in [0.15, 0.2) is 0 Å². The van der Waals surface area contributed by atoms with E-state index in [-0.39, 0.29) is 16.2 Å². The fourth-order valence-electron chi connectivity index (χ4n) is 2.15. The average Bonchev–Trinajstić information content (AvgIpc) is 2.88. The van der Waals surface area contributed by atoms with Crippen LogP contribution in [-0.4, -0.2) is 0 Å². The SMILES string of the molecule is CC(Nc1cc(F)c(Br)cc1F)c1cc2ccccc2o1. The molecule has 3 aromatic rings. The summed E-state index contributed by atoms with van der Waals surface area (Å²) in [4.78, 5) is 0. The van der Waals surface area contributed by atoms with Gasteiger partial charge in [-0.05, 0) is 41.1 Å². The Balaban J connectivity index is 1.89. The van der Waals surface area contributed by atoms with E-state index in [0.717, 1.165) is 23.1 Å². The average molecular weight is 352 g/mol. The van der Waals surface area contributed by atoms with E-state index in [4.69, 9.17) is 4.42 Å². The predicted octanol–water partition coefficient (Wildman–Crippen LogP) is 5.65. The van der Waals surface area contributed by atoms with E-state index in [0.29, 0.717) is 5.76 Å². The molecule has 21 heavy (non-hydrogen) atoms. The fourth-order valence-corrected chi connectivity index (χ4v) is 2.47. The van der Waals surface area contributed by atoms with Crippen LogP contribution in [0.1, 0.15) is 18.7 Å². The lowest BCUT2D eigenvalue weighted by molar-refractivity contribution is 0.523. The van der Waals surface area contributed by atoms with E-state index in [1.165, 1.54) is 0 Å². The third-order valence-electron chi connectivity index (χ3n) is 3.25. The Morgan fingerprint density at radius 3 is 2.62 bits per heavy atom. The summed E-state index contributed by atoms with van der Waals surface area (Å²) in [6, 6.07) is 11.4. The van der Waals surface area contributed by atoms with Gasteiger partial charge in [-0.1, -0.05) is 18.2 Å².